The van der Waals surface area contributed by atoms with E-state index in [0.29, 0.717) is 0 Å². The van der Waals surface area contributed by atoms with Crippen LogP contribution >= 0.6 is 11.3 Å². The van der Waals surface area contributed by atoms with E-state index >= 15 is 0 Å². The van der Waals surface area contributed by atoms with E-state index in [9.17, 15) is 0 Å². The van der Waals surface area contributed by atoms with E-state index < -0.39 is 0 Å². The van der Waals surface area contributed by atoms with Crippen LogP contribution in [0.4, 0.5) is 0 Å². The van der Waals surface area contributed by atoms with Gasteiger partial charge in [0.1, 0.15) is 10.7 Å². The number of rotatable bonds is 4. The maximum atomic E-state index is 4.43. The summed E-state index contributed by atoms with van der Waals surface area (Å²) >= 11 is 1.70. The molecule has 3 aromatic rings. The number of fused-ring (bicyclic) bond motifs is 1. The lowest BCUT2D eigenvalue weighted by Crippen LogP contribution is -2.12. The first-order valence-electron chi connectivity index (χ1n) is 5.85. The van der Waals surface area contributed by atoms with E-state index in [-0.39, 0.29) is 0 Å². The van der Waals surface area contributed by atoms with Crippen molar-refractivity contribution in [3.63, 3.8) is 0 Å². The minimum Gasteiger partial charge on any atom is -0.346 e. The predicted octanol–water partition coefficient (Wildman–Crippen LogP) is 2.62. The van der Waals surface area contributed by atoms with Crippen LogP contribution in [-0.4, -0.2) is 15.0 Å². The van der Waals surface area contributed by atoms with Crippen molar-refractivity contribution in [2.45, 2.75) is 20.0 Å². The summed E-state index contributed by atoms with van der Waals surface area (Å²) in [5, 5.41) is 7.80. The molecule has 0 aliphatic carbocycles. The largest absolute Gasteiger partial charge is 0.346 e. The molecule has 0 unspecified atom stereocenters. The van der Waals surface area contributed by atoms with E-state index in [1.54, 1.807) is 17.5 Å². The van der Waals surface area contributed by atoms with Crippen molar-refractivity contribution in [3.8, 4) is 0 Å². The third-order valence-electron chi connectivity index (χ3n) is 2.80. The Hall–Kier alpha value is -1.72. The molecule has 0 aliphatic heterocycles. The van der Waals surface area contributed by atoms with Gasteiger partial charge in [0.25, 0.3) is 0 Å². The quantitative estimate of drug-likeness (QED) is 0.756. The summed E-state index contributed by atoms with van der Waals surface area (Å²) in [7, 11) is 0. The minimum atomic E-state index is 0.811. The van der Waals surface area contributed by atoms with Crippen LogP contribution in [0.25, 0.3) is 11.0 Å². The second-order valence-corrected chi connectivity index (χ2v) is 5.14. The fourth-order valence-corrected chi connectivity index (χ4v) is 2.69. The number of hydrogen-bond donors (Lipinski definition) is 2. The highest BCUT2D eigenvalue weighted by atomic mass is 32.1. The summed E-state index contributed by atoms with van der Waals surface area (Å²) in [6.07, 6.45) is 3.81. The summed E-state index contributed by atoms with van der Waals surface area (Å²) < 4.78 is 0. The van der Waals surface area contributed by atoms with Gasteiger partial charge in [-0.2, -0.15) is 0 Å². The van der Waals surface area contributed by atoms with Crippen molar-refractivity contribution in [1.82, 2.24) is 20.3 Å². The molecule has 18 heavy (non-hydrogen) atoms. The minimum absolute atomic E-state index is 0.811. The lowest BCUT2D eigenvalue weighted by molar-refractivity contribution is 0.692. The molecule has 0 saturated heterocycles. The Labute approximate surface area is 109 Å². The van der Waals surface area contributed by atoms with E-state index in [1.165, 1.54) is 10.9 Å². The van der Waals surface area contributed by atoms with Crippen LogP contribution < -0.4 is 5.32 Å². The lowest BCUT2D eigenvalue weighted by atomic mass is 10.2. The Balaban J connectivity index is 1.66. The molecule has 2 N–H and O–H groups in total. The Morgan fingerprint density at radius 1 is 1.39 bits per heavy atom. The van der Waals surface area contributed by atoms with Gasteiger partial charge < -0.3 is 10.3 Å². The van der Waals surface area contributed by atoms with Gasteiger partial charge in [-0.25, -0.2) is 9.97 Å². The first kappa shape index (κ1) is 11.4. The number of nitrogens with one attached hydrogen (secondary N) is 2. The van der Waals surface area contributed by atoms with Crippen molar-refractivity contribution in [2.24, 2.45) is 0 Å². The van der Waals surface area contributed by atoms with Crippen LogP contribution in [-0.2, 0) is 13.1 Å². The highest BCUT2D eigenvalue weighted by molar-refractivity contribution is 7.09. The maximum Gasteiger partial charge on any atom is 0.137 e. The molecule has 0 aliphatic rings. The highest BCUT2D eigenvalue weighted by Crippen LogP contribution is 2.15. The third-order valence-corrected chi connectivity index (χ3v) is 3.76. The number of H-pyrrole nitrogens is 1. The van der Waals surface area contributed by atoms with Crippen LogP contribution in [0.3, 0.4) is 0 Å². The van der Waals surface area contributed by atoms with Gasteiger partial charge in [-0.05, 0) is 24.6 Å². The number of thiazole rings is 1. The van der Waals surface area contributed by atoms with Crippen LogP contribution in [0.15, 0.2) is 29.9 Å². The molecule has 0 saturated carbocycles. The fourth-order valence-electron chi connectivity index (χ4n) is 1.95. The molecule has 0 atom stereocenters. The average Bonchev–Trinajstić information content (AvgIpc) is 2.97. The van der Waals surface area contributed by atoms with Crippen LogP contribution in [0, 0.1) is 6.92 Å². The van der Waals surface area contributed by atoms with Crippen LogP contribution in [0.1, 0.15) is 16.3 Å². The first-order valence-corrected chi connectivity index (χ1v) is 6.73. The lowest BCUT2D eigenvalue weighted by Gasteiger charge is -2.01. The molecule has 0 radical (unpaired) electrons. The van der Waals surface area contributed by atoms with E-state index in [0.717, 1.165) is 29.4 Å². The number of hydrogen-bond acceptors (Lipinski definition) is 4. The Morgan fingerprint density at radius 2 is 2.33 bits per heavy atom. The number of aromatic amines is 1. The molecule has 3 rings (SSSR count). The molecule has 0 aromatic carbocycles. The number of pyridine rings is 1. The second kappa shape index (κ2) is 4.88. The monoisotopic (exact) mass is 258 g/mol. The molecule has 3 aromatic heterocycles. The molecule has 4 nitrogen and oxygen atoms in total. The third kappa shape index (κ3) is 2.27. The van der Waals surface area contributed by atoms with Gasteiger partial charge in [0.2, 0.25) is 0 Å². The average molecular weight is 258 g/mol. The zero-order chi connectivity index (χ0) is 12.4. The zero-order valence-corrected chi connectivity index (χ0v) is 10.9. The van der Waals surface area contributed by atoms with E-state index in [4.69, 9.17) is 0 Å². The Kier molecular flexibility index (Phi) is 3.08. The normalized spacial score (nSPS) is 11.2. The number of aromatic nitrogens is 3. The van der Waals surface area contributed by atoms with Crippen molar-refractivity contribution in [3.05, 3.63) is 46.2 Å². The molecular weight excluding hydrogens is 244 g/mol. The molecule has 3 heterocycles. The van der Waals surface area contributed by atoms with E-state index in [2.05, 4.69) is 31.7 Å². The predicted molar refractivity (Wildman–Crippen MR) is 73.5 cm³/mol. The summed E-state index contributed by atoms with van der Waals surface area (Å²) in [5.41, 5.74) is 3.28. The van der Waals surface area contributed by atoms with Gasteiger partial charge in [-0.3, -0.25) is 0 Å². The Morgan fingerprint density at radius 3 is 3.17 bits per heavy atom. The summed E-state index contributed by atoms with van der Waals surface area (Å²) in [6.45, 7) is 3.65. The van der Waals surface area contributed by atoms with Crippen molar-refractivity contribution in [1.29, 1.82) is 0 Å². The van der Waals surface area contributed by atoms with Gasteiger partial charge in [0.15, 0.2) is 0 Å². The fraction of sp³-hybridized carbons (Fsp3) is 0.231. The van der Waals surface area contributed by atoms with Crippen LogP contribution in [0.2, 0.25) is 0 Å². The molecule has 92 valence electrons. The summed E-state index contributed by atoms with van der Waals surface area (Å²) in [5.74, 6) is 0. The SMILES string of the molecule is Cc1csc(CNCc2c[nH]c3ncccc23)n1. The summed E-state index contributed by atoms with van der Waals surface area (Å²) in [6, 6.07) is 4.05. The summed E-state index contributed by atoms with van der Waals surface area (Å²) in [4.78, 5) is 11.9. The molecule has 0 bridgehead atoms. The zero-order valence-electron chi connectivity index (χ0n) is 10.1. The topological polar surface area (TPSA) is 53.6 Å². The van der Waals surface area contributed by atoms with E-state index in [1.807, 2.05) is 19.2 Å². The molecular formula is C13H14N4S. The highest BCUT2D eigenvalue weighted by Gasteiger charge is 2.04. The van der Waals surface area contributed by atoms with Crippen LogP contribution in [0.5, 0.6) is 0 Å². The number of aryl methyl sites for hydroxylation is 1. The standard InChI is InChI=1S/C13H14N4S/c1-9-8-18-12(17-9)7-14-5-10-6-16-13-11(10)3-2-4-15-13/h2-4,6,8,14H,5,7H2,1H3,(H,15,16). The molecule has 0 spiro atoms. The number of nitrogens with zero attached hydrogens (tertiary/aromatic N) is 2. The van der Waals surface area contributed by atoms with Gasteiger partial charge in [-0.1, -0.05) is 0 Å². The molecule has 0 amide bonds. The smallest absolute Gasteiger partial charge is 0.137 e. The van der Waals surface area contributed by atoms with Gasteiger partial charge >= 0.3 is 0 Å². The van der Waals surface area contributed by atoms with Gasteiger partial charge in [-0.15, -0.1) is 11.3 Å². The second-order valence-electron chi connectivity index (χ2n) is 4.20. The van der Waals surface area contributed by atoms with Crippen molar-refractivity contribution < 1.29 is 0 Å². The van der Waals surface area contributed by atoms with Gasteiger partial charge in [0.05, 0.1) is 0 Å². The first-order chi connectivity index (χ1) is 8.83. The molecule has 0 fully saturated rings. The maximum absolute atomic E-state index is 4.43. The van der Waals surface area contributed by atoms with Gasteiger partial charge in [0, 0.05) is 41.9 Å². The molecule has 5 heteroatoms. The van der Waals surface area contributed by atoms with Crippen molar-refractivity contribution in [2.75, 3.05) is 0 Å². The van der Waals surface area contributed by atoms with Crippen molar-refractivity contribution >= 4 is 22.4 Å². The Bertz CT molecular complexity index is 656.